The van der Waals surface area contributed by atoms with Gasteiger partial charge in [0, 0.05) is 23.0 Å². The molecule has 0 fully saturated rings. The maximum Gasteiger partial charge on any atom is 0.255 e. The smallest absolute Gasteiger partial charge is 0.255 e. The Morgan fingerprint density at radius 1 is 0.935 bits per heavy atom. The highest BCUT2D eigenvalue weighted by molar-refractivity contribution is 7.80. The van der Waals surface area contributed by atoms with Crippen LogP contribution in [0.5, 0.6) is 23.0 Å². The van der Waals surface area contributed by atoms with E-state index in [4.69, 9.17) is 31.2 Å². The Labute approximate surface area is 186 Å². The summed E-state index contributed by atoms with van der Waals surface area (Å²) in [5, 5.41) is 9.52. The van der Waals surface area contributed by atoms with E-state index in [1.165, 1.54) is 0 Å². The van der Waals surface area contributed by atoms with Crippen molar-refractivity contribution in [3.05, 3.63) is 53.2 Å². The minimum absolute atomic E-state index is 0.285. The first-order chi connectivity index (χ1) is 14.9. The first-order valence-corrected chi connectivity index (χ1v) is 9.86. The molecule has 2 aromatic rings. The topological polar surface area (TPSA) is 90.1 Å². The molecule has 3 N–H and O–H groups in total. The fourth-order valence-electron chi connectivity index (χ4n) is 3.38. The highest BCUT2D eigenvalue weighted by Crippen LogP contribution is 2.40. The number of carbonyl (C=O) groups excluding carboxylic acids is 1. The summed E-state index contributed by atoms with van der Waals surface area (Å²) >= 11 is 5.35. The van der Waals surface area contributed by atoms with Gasteiger partial charge in [0.2, 0.25) is 0 Å². The van der Waals surface area contributed by atoms with E-state index in [9.17, 15) is 4.79 Å². The lowest BCUT2D eigenvalue weighted by Crippen LogP contribution is -2.45. The molecule has 0 aromatic heterocycles. The molecule has 1 unspecified atom stereocenters. The third-order valence-electron chi connectivity index (χ3n) is 4.91. The Bertz CT molecular complexity index is 1020. The summed E-state index contributed by atoms with van der Waals surface area (Å²) in [5.41, 5.74) is 2.42. The molecule has 3 rings (SSSR count). The second-order valence-corrected chi connectivity index (χ2v) is 7.11. The van der Waals surface area contributed by atoms with Crippen molar-refractivity contribution in [1.29, 1.82) is 0 Å². The third kappa shape index (κ3) is 4.66. The molecular formula is C22H25N3O5S. The number of anilines is 1. The van der Waals surface area contributed by atoms with Gasteiger partial charge in [0.1, 0.15) is 11.5 Å². The number of nitrogens with one attached hydrogen (secondary N) is 3. The van der Waals surface area contributed by atoms with E-state index in [2.05, 4.69) is 16.0 Å². The van der Waals surface area contributed by atoms with Crippen molar-refractivity contribution < 1.29 is 23.7 Å². The van der Waals surface area contributed by atoms with Gasteiger partial charge < -0.3 is 34.9 Å². The molecule has 31 heavy (non-hydrogen) atoms. The quantitative estimate of drug-likeness (QED) is 0.563. The van der Waals surface area contributed by atoms with Crippen molar-refractivity contribution in [3.8, 4) is 23.0 Å². The lowest BCUT2D eigenvalue weighted by Gasteiger charge is -2.31. The predicted molar refractivity (Wildman–Crippen MR) is 122 cm³/mol. The molecule has 1 aliphatic rings. The minimum Gasteiger partial charge on any atom is -0.497 e. The molecule has 9 heteroatoms. The van der Waals surface area contributed by atoms with Crippen LogP contribution >= 0.6 is 12.2 Å². The molecule has 1 atom stereocenters. The molecule has 0 saturated heterocycles. The van der Waals surface area contributed by atoms with Crippen LogP contribution in [0.3, 0.4) is 0 Å². The Hall–Kier alpha value is -3.46. The summed E-state index contributed by atoms with van der Waals surface area (Å²) in [4.78, 5) is 13.3. The van der Waals surface area contributed by atoms with E-state index < -0.39 is 6.04 Å². The first-order valence-electron chi connectivity index (χ1n) is 9.45. The lowest BCUT2D eigenvalue weighted by atomic mass is 9.93. The summed E-state index contributed by atoms with van der Waals surface area (Å²) in [6, 6.07) is 10.0. The van der Waals surface area contributed by atoms with Gasteiger partial charge in [-0.25, -0.2) is 0 Å². The normalized spacial score (nSPS) is 15.5. The van der Waals surface area contributed by atoms with Gasteiger partial charge in [-0.3, -0.25) is 4.79 Å². The van der Waals surface area contributed by atoms with Crippen LogP contribution in [0.1, 0.15) is 18.5 Å². The van der Waals surface area contributed by atoms with Gasteiger partial charge >= 0.3 is 0 Å². The van der Waals surface area contributed by atoms with E-state index in [0.29, 0.717) is 50.6 Å². The summed E-state index contributed by atoms with van der Waals surface area (Å²) in [6.07, 6.45) is 0. The number of thiocarbonyl (C=S) groups is 1. The largest absolute Gasteiger partial charge is 0.497 e. The second kappa shape index (κ2) is 9.57. The molecule has 1 amide bonds. The van der Waals surface area contributed by atoms with Crippen LogP contribution in [-0.2, 0) is 4.79 Å². The van der Waals surface area contributed by atoms with Crippen LogP contribution in [0.15, 0.2) is 47.7 Å². The van der Waals surface area contributed by atoms with Crippen molar-refractivity contribution in [2.45, 2.75) is 13.0 Å². The van der Waals surface area contributed by atoms with E-state index in [-0.39, 0.29) is 5.91 Å². The van der Waals surface area contributed by atoms with Gasteiger partial charge in [0.25, 0.3) is 5.91 Å². The number of amides is 1. The van der Waals surface area contributed by atoms with Crippen molar-refractivity contribution >= 4 is 28.9 Å². The number of methoxy groups -OCH3 is 4. The molecule has 0 aliphatic carbocycles. The van der Waals surface area contributed by atoms with Crippen LogP contribution in [-0.4, -0.2) is 39.5 Å². The number of carbonyl (C=O) groups is 1. The Morgan fingerprint density at radius 2 is 1.55 bits per heavy atom. The van der Waals surface area contributed by atoms with Crippen LogP contribution in [0, 0.1) is 0 Å². The van der Waals surface area contributed by atoms with Gasteiger partial charge in [-0.05, 0) is 49.5 Å². The third-order valence-corrected chi connectivity index (χ3v) is 5.13. The van der Waals surface area contributed by atoms with Crippen LogP contribution in [0.25, 0.3) is 0 Å². The SMILES string of the molecule is COc1ccc(NC(=O)C2=C(C)NC(=S)NC2c2cc(OC)c(OC)cc2OC)cc1. The average molecular weight is 444 g/mol. The van der Waals surface area contributed by atoms with Crippen molar-refractivity contribution in [2.24, 2.45) is 0 Å². The highest BCUT2D eigenvalue weighted by Gasteiger charge is 2.33. The molecule has 0 spiro atoms. The monoisotopic (exact) mass is 443 g/mol. The van der Waals surface area contributed by atoms with Crippen molar-refractivity contribution in [2.75, 3.05) is 33.8 Å². The number of ether oxygens (including phenoxy) is 4. The maximum atomic E-state index is 13.3. The van der Waals surface area contributed by atoms with Crippen LogP contribution in [0.4, 0.5) is 5.69 Å². The Kier molecular flexibility index (Phi) is 6.86. The summed E-state index contributed by atoms with van der Waals surface area (Å²) < 4.78 is 21.6. The summed E-state index contributed by atoms with van der Waals surface area (Å²) in [5.74, 6) is 1.98. The molecule has 0 radical (unpaired) electrons. The van der Waals surface area contributed by atoms with E-state index in [1.807, 2.05) is 0 Å². The van der Waals surface area contributed by atoms with Gasteiger partial charge in [0.15, 0.2) is 16.6 Å². The van der Waals surface area contributed by atoms with E-state index in [0.717, 1.165) is 0 Å². The number of hydrogen-bond donors (Lipinski definition) is 3. The molecule has 1 aliphatic heterocycles. The number of rotatable bonds is 7. The molecule has 164 valence electrons. The highest BCUT2D eigenvalue weighted by atomic mass is 32.1. The van der Waals surface area contributed by atoms with Gasteiger partial charge in [0.05, 0.1) is 40.1 Å². The Morgan fingerprint density at radius 3 is 2.13 bits per heavy atom. The molecule has 2 aromatic carbocycles. The fraction of sp³-hybridized carbons (Fsp3) is 0.273. The average Bonchev–Trinajstić information content (AvgIpc) is 2.77. The van der Waals surface area contributed by atoms with E-state index >= 15 is 0 Å². The second-order valence-electron chi connectivity index (χ2n) is 6.70. The van der Waals surface area contributed by atoms with E-state index in [1.54, 1.807) is 71.8 Å². The van der Waals surface area contributed by atoms with Crippen LogP contribution in [0.2, 0.25) is 0 Å². The number of allylic oxidation sites excluding steroid dienone is 1. The summed E-state index contributed by atoms with van der Waals surface area (Å²) in [7, 11) is 6.24. The van der Waals surface area contributed by atoms with Crippen LogP contribution < -0.4 is 34.9 Å². The van der Waals surface area contributed by atoms with Gasteiger partial charge in [-0.2, -0.15) is 0 Å². The van der Waals surface area contributed by atoms with Crippen molar-refractivity contribution in [1.82, 2.24) is 10.6 Å². The fourth-order valence-corrected chi connectivity index (χ4v) is 3.65. The number of hydrogen-bond acceptors (Lipinski definition) is 6. The minimum atomic E-state index is -0.568. The standard InChI is InChI=1S/C22H25N3O5S/c1-12-19(21(26)24-13-6-8-14(27-2)9-7-13)20(25-22(31)23-12)15-10-17(29-4)18(30-5)11-16(15)28-3/h6-11,20H,1-5H3,(H,24,26)(H2,23,25,31). The zero-order chi connectivity index (χ0) is 22.5. The molecule has 0 saturated carbocycles. The number of benzene rings is 2. The molecule has 8 nitrogen and oxygen atoms in total. The predicted octanol–water partition coefficient (Wildman–Crippen LogP) is 3.15. The molecule has 0 bridgehead atoms. The van der Waals surface area contributed by atoms with Gasteiger partial charge in [-0.1, -0.05) is 0 Å². The molecular weight excluding hydrogens is 418 g/mol. The van der Waals surface area contributed by atoms with Gasteiger partial charge in [-0.15, -0.1) is 0 Å². The zero-order valence-electron chi connectivity index (χ0n) is 18.0. The maximum absolute atomic E-state index is 13.3. The zero-order valence-corrected chi connectivity index (χ0v) is 18.8. The molecule has 1 heterocycles. The first kappa shape index (κ1) is 22.2. The lowest BCUT2D eigenvalue weighted by molar-refractivity contribution is -0.113. The van der Waals surface area contributed by atoms with Crippen molar-refractivity contribution in [3.63, 3.8) is 0 Å². The Balaban J connectivity index is 2.02. The summed E-state index contributed by atoms with van der Waals surface area (Å²) in [6.45, 7) is 1.80.